The van der Waals surface area contributed by atoms with Crippen molar-refractivity contribution in [1.29, 1.82) is 0 Å². The lowest BCUT2D eigenvalue weighted by Gasteiger charge is -2.08. The number of hydrogen-bond donors (Lipinski definition) is 1. The van der Waals surface area contributed by atoms with Crippen LogP contribution in [-0.2, 0) is 13.2 Å². The average Bonchev–Trinajstić information content (AvgIpc) is 3.28. The van der Waals surface area contributed by atoms with E-state index in [1.165, 1.54) is 11.9 Å². The number of rotatable bonds is 4. The maximum absolute atomic E-state index is 12.7. The molecular formula is C17H13F3N6S. The number of halogens is 3. The van der Waals surface area contributed by atoms with Crippen LogP contribution in [0.4, 0.5) is 18.9 Å². The monoisotopic (exact) mass is 390 g/mol. The number of alkyl halides is 3. The highest BCUT2D eigenvalue weighted by atomic mass is 32.2. The Balaban J connectivity index is 1.49. The second-order valence-electron chi connectivity index (χ2n) is 5.74. The van der Waals surface area contributed by atoms with E-state index in [4.69, 9.17) is 0 Å². The molecule has 0 aliphatic rings. The van der Waals surface area contributed by atoms with Crippen LogP contribution in [0.3, 0.4) is 0 Å². The summed E-state index contributed by atoms with van der Waals surface area (Å²) in [6.07, 6.45) is 0.633. The van der Waals surface area contributed by atoms with Crippen LogP contribution in [-0.4, -0.2) is 24.5 Å². The van der Waals surface area contributed by atoms with E-state index in [0.717, 1.165) is 38.6 Å². The zero-order valence-corrected chi connectivity index (χ0v) is 14.8. The molecule has 6 nitrogen and oxygen atoms in total. The van der Waals surface area contributed by atoms with E-state index in [1.54, 1.807) is 29.2 Å². The summed E-state index contributed by atoms with van der Waals surface area (Å²) in [5, 5.41) is 8.98. The number of aromatic nitrogens is 5. The molecule has 0 aliphatic heterocycles. The number of nitrogens with one attached hydrogen (secondary N) is 1. The summed E-state index contributed by atoms with van der Waals surface area (Å²) in [5.41, 5.74) is 1.07. The summed E-state index contributed by atoms with van der Waals surface area (Å²) >= 11 is 1.35. The van der Waals surface area contributed by atoms with Gasteiger partial charge in [0.15, 0.2) is 5.82 Å². The van der Waals surface area contributed by atoms with E-state index in [0.29, 0.717) is 5.82 Å². The lowest BCUT2D eigenvalue weighted by Crippen LogP contribution is -2.03. The van der Waals surface area contributed by atoms with Gasteiger partial charge in [-0.05, 0) is 30.1 Å². The second kappa shape index (κ2) is 6.62. The lowest BCUT2D eigenvalue weighted by molar-refractivity contribution is -0.137. The maximum Gasteiger partial charge on any atom is 0.419 e. The van der Waals surface area contributed by atoms with Crippen molar-refractivity contribution in [2.75, 3.05) is 4.72 Å². The molecule has 0 saturated heterocycles. The number of nitrogens with zero attached hydrogens (tertiary/aromatic N) is 5. The zero-order chi connectivity index (χ0) is 19.0. The molecule has 1 aromatic carbocycles. The molecule has 3 aromatic heterocycles. The topological polar surface area (TPSA) is 60.6 Å². The summed E-state index contributed by atoms with van der Waals surface area (Å²) in [6.45, 7) is 0. The molecule has 10 heteroatoms. The van der Waals surface area contributed by atoms with E-state index >= 15 is 0 Å². The fourth-order valence-corrected chi connectivity index (χ4v) is 3.23. The number of pyridine rings is 1. The average molecular weight is 390 g/mol. The lowest BCUT2D eigenvalue weighted by atomic mass is 10.2. The molecule has 0 spiro atoms. The highest BCUT2D eigenvalue weighted by Gasteiger charge is 2.32. The Morgan fingerprint density at radius 2 is 1.89 bits per heavy atom. The van der Waals surface area contributed by atoms with Gasteiger partial charge in [-0.15, -0.1) is 0 Å². The van der Waals surface area contributed by atoms with Crippen molar-refractivity contribution >= 4 is 28.5 Å². The molecule has 138 valence electrons. The Labute approximate surface area is 156 Å². The smallest absolute Gasteiger partial charge is 0.324 e. The van der Waals surface area contributed by atoms with Gasteiger partial charge in [-0.25, -0.2) is 9.67 Å². The maximum atomic E-state index is 12.7. The van der Waals surface area contributed by atoms with Crippen LogP contribution < -0.4 is 4.72 Å². The third-order valence-electron chi connectivity index (χ3n) is 3.91. The SMILES string of the molecule is Cn1ncc2cccc(NSc3ccc(-n4cc(C(F)(F)F)cn4)nc3)c21. The summed E-state index contributed by atoms with van der Waals surface area (Å²) in [6, 6.07) is 9.24. The molecule has 1 N–H and O–H groups in total. The van der Waals surface area contributed by atoms with Crippen molar-refractivity contribution in [3.63, 3.8) is 0 Å². The van der Waals surface area contributed by atoms with E-state index in [1.807, 2.05) is 25.2 Å². The van der Waals surface area contributed by atoms with Crippen molar-refractivity contribution in [3.05, 3.63) is 60.7 Å². The van der Waals surface area contributed by atoms with Gasteiger partial charge < -0.3 is 4.72 Å². The van der Waals surface area contributed by atoms with Crippen molar-refractivity contribution < 1.29 is 13.2 Å². The van der Waals surface area contributed by atoms with Gasteiger partial charge in [-0.1, -0.05) is 12.1 Å². The highest BCUT2D eigenvalue weighted by molar-refractivity contribution is 8.00. The minimum Gasteiger partial charge on any atom is -0.324 e. The molecule has 0 saturated carbocycles. The van der Waals surface area contributed by atoms with Gasteiger partial charge in [0.2, 0.25) is 0 Å². The molecule has 0 aliphatic carbocycles. The minimum absolute atomic E-state index is 0.309. The molecule has 0 bridgehead atoms. The van der Waals surface area contributed by atoms with Crippen LogP contribution in [0.5, 0.6) is 0 Å². The van der Waals surface area contributed by atoms with Crippen LogP contribution in [0, 0.1) is 0 Å². The summed E-state index contributed by atoms with van der Waals surface area (Å²) < 4.78 is 44.1. The number of benzene rings is 1. The fraction of sp³-hybridized carbons (Fsp3) is 0.118. The van der Waals surface area contributed by atoms with Gasteiger partial charge in [0.25, 0.3) is 0 Å². The van der Waals surface area contributed by atoms with E-state index in [9.17, 15) is 13.2 Å². The van der Waals surface area contributed by atoms with E-state index in [-0.39, 0.29) is 0 Å². The quantitative estimate of drug-likeness (QED) is 0.527. The molecule has 0 fully saturated rings. The predicted molar refractivity (Wildman–Crippen MR) is 96.6 cm³/mol. The third kappa shape index (κ3) is 3.47. The number of anilines is 1. The third-order valence-corrected chi connectivity index (χ3v) is 4.70. The molecule has 4 aromatic rings. The van der Waals surface area contributed by atoms with Gasteiger partial charge in [0.1, 0.15) is 0 Å². The highest BCUT2D eigenvalue weighted by Crippen LogP contribution is 2.30. The standard InChI is InChI=1S/C17H13F3N6S/c1-25-16-11(7-22-25)3-2-4-14(16)24-27-13-5-6-15(21-9-13)26-10-12(8-23-26)17(18,19)20/h2-10,24H,1H3. The van der Waals surface area contributed by atoms with Crippen molar-refractivity contribution in [3.8, 4) is 5.82 Å². The Kier molecular flexibility index (Phi) is 4.27. The van der Waals surface area contributed by atoms with Crippen LogP contribution in [0.25, 0.3) is 16.7 Å². The van der Waals surface area contributed by atoms with Crippen LogP contribution in [0.15, 0.2) is 60.0 Å². The number of fused-ring (bicyclic) bond motifs is 1. The van der Waals surface area contributed by atoms with E-state index in [2.05, 4.69) is 19.9 Å². The molecule has 4 rings (SSSR count). The molecule has 0 radical (unpaired) electrons. The van der Waals surface area contributed by atoms with Gasteiger partial charge in [0, 0.05) is 29.7 Å². The Bertz CT molecular complexity index is 1080. The summed E-state index contributed by atoms with van der Waals surface area (Å²) in [7, 11) is 1.87. The van der Waals surface area contributed by atoms with Gasteiger partial charge >= 0.3 is 6.18 Å². The van der Waals surface area contributed by atoms with Crippen molar-refractivity contribution in [2.45, 2.75) is 11.1 Å². The second-order valence-corrected chi connectivity index (χ2v) is 6.62. The molecular weight excluding hydrogens is 377 g/mol. The minimum atomic E-state index is -4.43. The molecule has 3 heterocycles. The predicted octanol–water partition coefficient (Wildman–Crippen LogP) is 4.29. The normalized spacial score (nSPS) is 11.9. The first-order valence-corrected chi connectivity index (χ1v) is 8.65. The Morgan fingerprint density at radius 3 is 2.59 bits per heavy atom. The van der Waals surface area contributed by atoms with Gasteiger partial charge in [-0.3, -0.25) is 4.68 Å². The van der Waals surface area contributed by atoms with Crippen molar-refractivity contribution in [1.82, 2.24) is 24.5 Å². The first kappa shape index (κ1) is 17.4. The van der Waals surface area contributed by atoms with E-state index < -0.39 is 11.7 Å². The first-order valence-electron chi connectivity index (χ1n) is 7.84. The molecule has 0 unspecified atom stereocenters. The van der Waals surface area contributed by atoms with Crippen LogP contribution in [0.1, 0.15) is 5.56 Å². The number of aryl methyl sites for hydroxylation is 1. The number of para-hydroxylation sites is 1. The van der Waals surface area contributed by atoms with Crippen LogP contribution >= 0.6 is 11.9 Å². The van der Waals surface area contributed by atoms with Crippen molar-refractivity contribution in [2.24, 2.45) is 7.05 Å². The zero-order valence-electron chi connectivity index (χ0n) is 14.0. The molecule has 0 atom stereocenters. The van der Waals surface area contributed by atoms with Crippen LogP contribution in [0.2, 0.25) is 0 Å². The largest absolute Gasteiger partial charge is 0.419 e. The van der Waals surface area contributed by atoms with Gasteiger partial charge in [0.05, 0.1) is 29.2 Å². The first-order chi connectivity index (χ1) is 12.9. The molecule has 27 heavy (non-hydrogen) atoms. The summed E-state index contributed by atoms with van der Waals surface area (Å²) in [4.78, 5) is 4.99. The Morgan fingerprint density at radius 1 is 1.04 bits per heavy atom. The summed E-state index contributed by atoms with van der Waals surface area (Å²) in [5.74, 6) is 0.309. The van der Waals surface area contributed by atoms with Gasteiger partial charge in [-0.2, -0.15) is 23.4 Å². The fourth-order valence-electron chi connectivity index (χ4n) is 2.59. The Hall–Kier alpha value is -3.01. The molecule has 0 amide bonds. The number of hydrogen-bond acceptors (Lipinski definition) is 5.